The summed E-state index contributed by atoms with van der Waals surface area (Å²) in [4.78, 5) is 10.5. The highest BCUT2D eigenvalue weighted by Crippen LogP contribution is 1.89. The molecule has 0 heterocycles. The molecule has 1 N–H and O–H groups in total. The highest BCUT2D eigenvalue weighted by Gasteiger charge is 1.92. The summed E-state index contributed by atoms with van der Waals surface area (Å²) in [6, 6.07) is 0. The Morgan fingerprint density at radius 3 is 2.46 bits per heavy atom. The lowest BCUT2D eigenvalue weighted by atomic mass is 10.3. The smallest absolute Gasteiger partial charge is 0.196 e. The molecule has 0 spiro atoms. The Kier molecular flexibility index (Phi) is 7.63. The normalized spacial score (nSPS) is 9.15. The molecule has 0 radical (unpaired) electrons. The van der Waals surface area contributed by atoms with Gasteiger partial charge in [0.2, 0.25) is 0 Å². The minimum absolute atomic E-state index is 0.203. The molecule has 4 heteroatoms. The maximum atomic E-state index is 10.5. The van der Waals surface area contributed by atoms with E-state index in [1.165, 1.54) is 0 Å². The third-order valence-electron chi connectivity index (χ3n) is 1.62. The van der Waals surface area contributed by atoms with Crippen molar-refractivity contribution in [2.24, 2.45) is 5.18 Å². The second-order valence-electron chi connectivity index (χ2n) is 2.52. The number of hydrogen-bond donors (Lipinski definition) is 1. The van der Waals surface area contributed by atoms with Crippen LogP contribution in [-0.4, -0.2) is 22.4 Å². The maximum Gasteiger partial charge on any atom is 0.196 e. The van der Waals surface area contributed by atoms with E-state index in [0.29, 0.717) is 5.11 Å². The van der Waals surface area contributed by atoms with Crippen molar-refractivity contribution in [1.29, 1.82) is 0 Å². The summed E-state index contributed by atoms with van der Waals surface area (Å²) in [5.41, 5.74) is 0. The molecule has 0 aliphatic heterocycles. The summed E-state index contributed by atoms with van der Waals surface area (Å²) in [6.07, 6.45) is 2.20. The number of hydrogen-bond acceptors (Lipinski definition) is 1. The Morgan fingerprint density at radius 2 is 2.08 bits per heavy atom. The number of nitrogens with one attached hydrogen (secondary N) is 1. The topological polar surface area (TPSA) is 41.5 Å². The van der Waals surface area contributed by atoms with E-state index >= 15 is 0 Å². The highest BCUT2D eigenvalue weighted by molar-refractivity contribution is 8.11. The Morgan fingerprint density at radius 1 is 1.46 bits per heavy atom. The zero-order chi connectivity index (χ0) is 10.1. The molecular weight excluding hydrogens is 184 g/mol. The van der Waals surface area contributed by atoms with Crippen LogP contribution in [-0.2, 0) is 0 Å². The molecule has 0 bridgehead atoms. The van der Waals surface area contributed by atoms with Gasteiger partial charge in [0.05, 0.1) is 0 Å². The van der Waals surface area contributed by atoms with Gasteiger partial charge < -0.3 is 0 Å². The molecule has 0 unspecified atom stereocenters. The molecule has 0 aliphatic carbocycles. The van der Waals surface area contributed by atoms with Crippen molar-refractivity contribution in [3.63, 3.8) is 0 Å². The quantitative estimate of drug-likeness (QED) is 0.433. The second-order valence-corrected chi connectivity index (χ2v) is 4.59. The lowest BCUT2D eigenvalue weighted by Crippen LogP contribution is -2.20. The van der Waals surface area contributed by atoms with E-state index in [4.69, 9.17) is 0 Å². The number of unbranched alkanes of at least 4 members (excludes halogenated alkanes) is 1. The van der Waals surface area contributed by atoms with Gasteiger partial charge in [-0.2, -0.15) is 9.66 Å². The van der Waals surface area contributed by atoms with Crippen LogP contribution in [0, 0.1) is 4.91 Å². The number of nitrogens with zero attached hydrogens (tertiary/aromatic N) is 1. The fraction of sp³-hybridized carbons (Fsp3) is 0.667. The molecular formula is C9H18N2OS. The molecule has 0 fully saturated rings. The third-order valence-corrected chi connectivity index (χ3v) is 3.30. The fourth-order valence-electron chi connectivity index (χ4n) is 0.890. The molecule has 0 saturated heterocycles. The van der Waals surface area contributed by atoms with Crippen LogP contribution in [0.15, 0.2) is 5.18 Å². The van der Waals surface area contributed by atoms with Crippen LogP contribution < -0.4 is 5.32 Å². The molecule has 3 nitrogen and oxygen atoms in total. The Bertz CT molecular complexity index is 277. The van der Waals surface area contributed by atoms with Gasteiger partial charge in [0.1, 0.15) is 0 Å². The van der Waals surface area contributed by atoms with E-state index in [1.807, 2.05) is 24.6 Å². The predicted octanol–water partition coefficient (Wildman–Crippen LogP) is 2.14. The molecule has 76 valence electrons. The molecule has 0 atom stereocenters. The standard InChI is InChI=1S/C9H18N2OS/c1-4-7-8-10-9(11-12)13(5-2)6-3/h5-6,10H,4,7-8H2,1-3H3. The van der Waals surface area contributed by atoms with Crippen LogP contribution in [0.4, 0.5) is 0 Å². The average Bonchev–Trinajstić information content (AvgIpc) is 2.17. The summed E-state index contributed by atoms with van der Waals surface area (Å²) in [6.45, 7) is 6.84. The van der Waals surface area contributed by atoms with Crippen molar-refractivity contribution >= 4 is 25.5 Å². The van der Waals surface area contributed by atoms with Gasteiger partial charge in [-0.3, -0.25) is 5.32 Å². The van der Waals surface area contributed by atoms with Crippen LogP contribution in [0.1, 0.15) is 33.6 Å². The average molecular weight is 202 g/mol. The van der Waals surface area contributed by atoms with Crippen LogP contribution in [0.2, 0.25) is 0 Å². The maximum absolute atomic E-state index is 10.5. The monoisotopic (exact) mass is 202 g/mol. The Balaban J connectivity index is 4.52. The number of nitroso groups, excluding NO2 is 1. The minimum Gasteiger partial charge on any atom is -0.262 e. The van der Waals surface area contributed by atoms with Crippen molar-refractivity contribution in [2.45, 2.75) is 33.6 Å². The van der Waals surface area contributed by atoms with Gasteiger partial charge in [0.15, 0.2) is 5.11 Å². The van der Waals surface area contributed by atoms with E-state index in [2.05, 4.69) is 17.4 Å². The van der Waals surface area contributed by atoms with E-state index in [1.54, 1.807) is 0 Å². The predicted molar refractivity (Wildman–Crippen MR) is 64.8 cm³/mol. The molecule has 0 aliphatic rings. The molecule has 0 aromatic rings. The molecule has 0 aromatic carbocycles. The van der Waals surface area contributed by atoms with Crippen molar-refractivity contribution in [1.82, 2.24) is 5.32 Å². The van der Waals surface area contributed by atoms with E-state index < -0.39 is 0 Å². The van der Waals surface area contributed by atoms with Crippen molar-refractivity contribution in [3.05, 3.63) is 4.91 Å². The number of rotatable bonds is 3. The van der Waals surface area contributed by atoms with Gasteiger partial charge >= 0.3 is 0 Å². The lowest BCUT2D eigenvalue weighted by Gasteiger charge is -1.98. The highest BCUT2D eigenvalue weighted by atomic mass is 32.1. The van der Waals surface area contributed by atoms with Crippen LogP contribution in [0.5, 0.6) is 0 Å². The first-order valence-electron chi connectivity index (χ1n) is 4.55. The van der Waals surface area contributed by atoms with Gasteiger partial charge in [0, 0.05) is 6.54 Å². The molecule has 13 heavy (non-hydrogen) atoms. The summed E-state index contributed by atoms with van der Waals surface area (Å²) in [5.74, 6) is 0. The van der Waals surface area contributed by atoms with Crippen LogP contribution in [0.3, 0.4) is 0 Å². The van der Waals surface area contributed by atoms with Crippen molar-refractivity contribution in [2.75, 3.05) is 6.54 Å². The van der Waals surface area contributed by atoms with E-state index in [0.717, 1.165) is 19.4 Å². The summed E-state index contributed by atoms with van der Waals surface area (Å²) >= 11 is 0. The lowest BCUT2D eigenvalue weighted by molar-refractivity contribution is 0.756. The molecule has 0 amide bonds. The SMILES string of the molecule is CC=S(=CC)=C(N=O)NCCCC. The van der Waals surface area contributed by atoms with E-state index in [9.17, 15) is 4.91 Å². The Labute approximate surface area is 81.6 Å². The zero-order valence-corrected chi connectivity index (χ0v) is 9.36. The van der Waals surface area contributed by atoms with Crippen molar-refractivity contribution in [3.8, 4) is 0 Å². The van der Waals surface area contributed by atoms with Gasteiger partial charge in [-0.15, -0.1) is 4.91 Å². The third kappa shape index (κ3) is 4.85. The first kappa shape index (κ1) is 12.4. The van der Waals surface area contributed by atoms with Gasteiger partial charge in [-0.05, 0) is 36.2 Å². The van der Waals surface area contributed by atoms with E-state index in [-0.39, 0.29) is 9.66 Å². The summed E-state index contributed by atoms with van der Waals surface area (Å²) in [7, 11) is -0.203. The molecule has 0 saturated carbocycles. The van der Waals surface area contributed by atoms with Gasteiger partial charge in [0.25, 0.3) is 0 Å². The Hall–Kier alpha value is -0.610. The summed E-state index contributed by atoms with van der Waals surface area (Å²) in [5, 5.41) is 10.6. The van der Waals surface area contributed by atoms with Gasteiger partial charge in [-0.25, -0.2) is 0 Å². The zero-order valence-electron chi connectivity index (χ0n) is 8.54. The second kappa shape index (κ2) is 8.01. The molecule has 0 aromatic heterocycles. The minimum atomic E-state index is -0.203. The van der Waals surface area contributed by atoms with Crippen LogP contribution >= 0.6 is 9.66 Å². The van der Waals surface area contributed by atoms with Crippen molar-refractivity contribution < 1.29 is 0 Å². The summed E-state index contributed by atoms with van der Waals surface area (Å²) < 4.78 is 0. The largest absolute Gasteiger partial charge is 0.262 e. The first-order valence-corrected chi connectivity index (χ1v) is 5.90. The van der Waals surface area contributed by atoms with Gasteiger partial charge in [-0.1, -0.05) is 13.3 Å². The first-order chi connectivity index (χ1) is 6.29. The van der Waals surface area contributed by atoms with Crippen LogP contribution in [0.25, 0.3) is 0 Å². The molecule has 0 rings (SSSR count). The fourth-order valence-corrected chi connectivity index (χ4v) is 1.96.